The van der Waals surface area contributed by atoms with E-state index in [-0.39, 0.29) is 24.0 Å². The van der Waals surface area contributed by atoms with Gasteiger partial charge in [-0.3, -0.25) is 9.59 Å². The second-order valence-corrected chi connectivity index (χ2v) is 7.70. The van der Waals surface area contributed by atoms with Crippen molar-refractivity contribution < 1.29 is 14.7 Å². The molecule has 1 amide bonds. The van der Waals surface area contributed by atoms with Gasteiger partial charge in [0.15, 0.2) is 5.13 Å². The number of amides is 1. The Bertz CT molecular complexity index is 918. The van der Waals surface area contributed by atoms with Crippen molar-refractivity contribution in [2.45, 2.75) is 19.8 Å². The summed E-state index contributed by atoms with van der Waals surface area (Å²) in [6.45, 7) is 2.96. The van der Waals surface area contributed by atoms with Crippen LogP contribution in [0.15, 0.2) is 23.9 Å². The number of carbonyl (C=O) groups excluding carboxylic acids is 2. The predicted octanol–water partition coefficient (Wildman–Crippen LogP) is 2.57. The number of nitrogens with one attached hydrogen (secondary N) is 2. The van der Waals surface area contributed by atoms with Crippen LogP contribution in [0.2, 0.25) is 0 Å². The normalized spacial score (nSPS) is 15.4. The molecular formula is C19H23N5O3S. The van der Waals surface area contributed by atoms with Crippen molar-refractivity contribution >= 4 is 39.7 Å². The van der Waals surface area contributed by atoms with Crippen LogP contribution in [-0.2, 0) is 11.2 Å². The lowest BCUT2D eigenvalue weighted by Crippen LogP contribution is -2.27. The van der Waals surface area contributed by atoms with Crippen LogP contribution < -0.4 is 10.6 Å². The molecule has 0 spiro atoms. The molecule has 9 heteroatoms. The number of carbonyl (C=O) groups is 2. The monoisotopic (exact) mass is 401 g/mol. The molecule has 1 aliphatic rings. The average Bonchev–Trinajstić information content (AvgIpc) is 3.05. The molecule has 1 aliphatic carbocycles. The molecule has 148 valence electrons. The van der Waals surface area contributed by atoms with Crippen molar-refractivity contribution in [2.24, 2.45) is 0 Å². The summed E-state index contributed by atoms with van der Waals surface area (Å²) in [6.07, 6.45) is 2.47. The number of aliphatic hydroxyl groups excluding tert-OH is 1. The van der Waals surface area contributed by atoms with Gasteiger partial charge in [-0.05, 0) is 46.0 Å². The van der Waals surface area contributed by atoms with E-state index in [1.165, 1.54) is 0 Å². The fourth-order valence-corrected chi connectivity index (χ4v) is 3.91. The first kappa shape index (κ1) is 20.0. The van der Waals surface area contributed by atoms with Crippen molar-refractivity contribution in [3.8, 4) is 0 Å². The van der Waals surface area contributed by atoms with Crippen molar-refractivity contribution in [3.63, 3.8) is 0 Å². The third kappa shape index (κ3) is 4.37. The SMILES string of the molecule is CCNc1ccc(C(O)=C2CCc3nc(NC(=O)CN(C)C)sc3C2=O)cn1. The molecule has 2 aromatic heterocycles. The number of aliphatic hydroxyl groups is 1. The number of allylic oxidation sites excluding steroid dienone is 1. The molecule has 0 unspecified atom stereocenters. The maximum Gasteiger partial charge on any atom is 0.240 e. The van der Waals surface area contributed by atoms with Gasteiger partial charge in [-0.25, -0.2) is 9.97 Å². The molecule has 3 rings (SSSR count). The fourth-order valence-electron chi connectivity index (χ4n) is 2.91. The molecule has 0 saturated carbocycles. The van der Waals surface area contributed by atoms with Crippen LogP contribution in [0.3, 0.4) is 0 Å². The molecule has 28 heavy (non-hydrogen) atoms. The Balaban J connectivity index is 1.81. The van der Waals surface area contributed by atoms with Crippen LogP contribution in [0.25, 0.3) is 5.76 Å². The molecule has 0 aliphatic heterocycles. The van der Waals surface area contributed by atoms with Crippen molar-refractivity contribution in [1.29, 1.82) is 0 Å². The highest BCUT2D eigenvalue weighted by Crippen LogP contribution is 2.34. The molecule has 0 bridgehead atoms. The number of hydrogen-bond acceptors (Lipinski definition) is 8. The van der Waals surface area contributed by atoms with E-state index in [4.69, 9.17) is 0 Å². The standard InChI is InChI=1S/C19H23N5O3S/c1-4-20-14-8-5-11(9-21-14)16(26)12-6-7-13-18(17(12)27)28-19(22-13)23-15(25)10-24(2)3/h5,8-9,26H,4,6-7,10H2,1-3H3,(H,20,21)(H,22,23,25). The predicted molar refractivity (Wildman–Crippen MR) is 110 cm³/mol. The molecule has 0 radical (unpaired) electrons. The van der Waals surface area contributed by atoms with E-state index in [0.29, 0.717) is 45.5 Å². The summed E-state index contributed by atoms with van der Waals surface area (Å²) in [4.78, 5) is 35.6. The van der Waals surface area contributed by atoms with Crippen LogP contribution in [0, 0.1) is 0 Å². The molecule has 8 nitrogen and oxygen atoms in total. The number of Topliss-reactive ketones (excluding diaryl/α,β-unsaturated/α-hetero) is 1. The van der Waals surface area contributed by atoms with Gasteiger partial charge in [-0.1, -0.05) is 11.3 Å². The third-order valence-corrected chi connectivity index (χ3v) is 5.19. The van der Waals surface area contributed by atoms with Gasteiger partial charge in [-0.15, -0.1) is 0 Å². The molecule has 2 heterocycles. The average molecular weight is 401 g/mol. The number of aryl methyl sites for hydroxylation is 1. The van der Waals surface area contributed by atoms with Crippen molar-refractivity contribution in [2.75, 3.05) is 37.8 Å². The first-order valence-corrected chi connectivity index (χ1v) is 9.82. The summed E-state index contributed by atoms with van der Waals surface area (Å²) in [5, 5.41) is 16.8. The summed E-state index contributed by atoms with van der Waals surface area (Å²) >= 11 is 1.14. The van der Waals surface area contributed by atoms with E-state index >= 15 is 0 Å². The summed E-state index contributed by atoms with van der Waals surface area (Å²) in [6, 6.07) is 3.50. The molecule has 2 aromatic rings. The number of rotatable bonds is 6. The molecule has 0 fully saturated rings. The lowest BCUT2D eigenvalue weighted by atomic mass is 9.93. The van der Waals surface area contributed by atoms with E-state index in [9.17, 15) is 14.7 Å². The Morgan fingerprint density at radius 3 is 2.75 bits per heavy atom. The van der Waals surface area contributed by atoms with Gasteiger partial charge in [-0.2, -0.15) is 0 Å². The third-order valence-electron chi connectivity index (χ3n) is 4.18. The Morgan fingerprint density at radius 2 is 2.11 bits per heavy atom. The summed E-state index contributed by atoms with van der Waals surface area (Å²) in [5.74, 6) is 0.216. The molecular weight excluding hydrogens is 378 g/mol. The topological polar surface area (TPSA) is 107 Å². The maximum atomic E-state index is 12.9. The van der Waals surface area contributed by atoms with E-state index in [2.05, 4.69) is 20.6 Å². The lowest BCUT2D eigenvalue weighted by molar-refractivity contribution is -0.116. The van der Waals surface area contributed by atoms with Gasteiger partial charge < -0.3 is 20.6 Å². The number of hydrogen-bond donors (Lipinski definition) is 3. The Morgan fingerprint density at radius 1 is 1.32 bits per heavy atom. The molecule has 0 saturated heterocycles. The first-order chi connectivity index (χ1) is 13.4. The number of anilines is 2. The minimum Gasteiger partial charge on any atom is -0.507 e. The number of nitrogens with zero attached hydrogens (tertiary/aromatic N) is 3. The van der Waals surface area contributed by atoms with Crippen LogP contribution in [0.1, 0.15) is 34.3 Å². The highest BCUT2D eigenvalue weighted by Gasteiger charge is 2.29. The van der Waals surface area contributed by atoms with Crippen LogP contribution in [0.5, 0.6) is 0 Å². The van der Waals surface area contributed by atoms with E-state index in [1.807, 2.05) is 6.92 Å². The number of thiazole rings is 1. The van der Waals surface area contributed by atoms with Crippen molar-refractivity contribution in [3.05, 3.63) is 40.0 Å². The highest BCUT2D eigenvalue weighted by atomic mass is 32.1. The number of aromatic nitrogens is 2. The largest absolute Gasteiger partial charge is 0.507 e. The highest BCUT2D eigenvalue weighted by molar-refractivity contribution is 7.18. The number of ketones is 1. The zero-order valence-corrected chi connectivity index (χ0v) is 16.9. The zero-order chi connectivity index (χ0) is 20.3. The van der Waals surface area contributed by atoms with E-state index in [0.717, 1.165) is 17.9 Å². The van der Waals surface area contributed by atoms with Gasteiger partial charge in [0.05, 0.1) is 12.2 Å². The number of likely N-dealkylation sites (N-methyl/N-ethyl adjacent to an activating group) is 1. The molecule has 0 aromatic carbocycles. The van der Waals surface area contributed by atoms with E-state index in [1.54, 1.807) is 37.3 Å². The molecule has 0 atom stereocenters. The van der Waals surface area contributed by atoms with Gasteiger partial charge >= 0.3 is 0 Å². The Hall–Kier alpha value is -2.78. The summed E-state index contributed by atoms with van der Waals surface area (Å²) in [7, 11) is 3.60. The molecule has 3 N–H and O–H groups in total. The number of pyridine rings is 1. The number of fused-ring (bicyclic) bond motifs is 1. The second kappa shape index (κ2) is 8.49. The van der Waals surface area contributed by atoms with Gasteiger partial charge in [0.1, 0.15) is 16.5 Å². The first-order valence-electron chi connectivity index (χ1n) is 9.00. The van der Waals surface area contributed by atoms with Crippen LogP contribution in [0.4, 0.5) is 10.9 Å². The van der Waals surface area contributed by atoms with Gasteiger partial charge in [0.2, 0.25) is 11.7 Å². The minimum absolute atomic E-state index is 0.0576. The zero-order valence-electron chi connectivity index (χ0n) is 16.1. The summed E-state index contributed by atoms with van der Waals surface area (Å²) in [5.41, 5.74) is 1.50. The minimum atomic E-state index is -0.250. The van der Waals surface area contributed by atoms with E-state index < -0.39 is 0 Å². The van der Waals surface area contributed by atoms with Crippen molar-refractivity contribution in [1.82, 2.24) is 14.9 Å². The van der Waals surface area contributed by atoms with Gasteiger partial charge in [0, 0.05) is 23.9 Å². The smallest absolute Gasteiger partial charge is 0.240 e. The van der Waals surface area contributed by atoms with Crippen LogP contribution in [-0.4, -0.2) is 58.8 Å². The maximum absolute atomic E-state index is 12.9. The quantitative estimate of drug-likeness (QED) is 0.504. The fraction of sp³-hybridized carbons (Fsp3) is 0.368. The second-order valence-electron chi connectivity index (χ2n) is 6.70. The summed E-state index contributed by atoms with van der Waals surface area (Å²) < 4.78 is 0. The van der Waals surface area contributed by atoms with Crippen LogP contribution >= 0.6 is 11.3 Å². The Kier molecular flexibility index (Phi) is 6.05. The Labute approximate surface area is 167 Å². The van der Waals surface area contributed by atoms with Gasteiger partial charge in [0.25, 0.3) is 0 Å². The lowest BCUT2D eigenvalue weighted by Gasteiger charge is -2.14.